The highest BCUT2D eigenvalue weighted by atomic mass is 16.6. The predicted molar refractivity (Wildman–Crippen MR) is 91.8 cm³/mol. The highest BCUT2D eigenvalue weighted by molar-refractivity contribution is 5.66. The van der Waals surface area contributed by atoms with Crippen molar-refractivity contribution >= 4 is 5.97 Å². The fourth-order valence-electron chi connectivity index (χ4n) is 3.74. The molecule has 1 aromatic heterocycles. The Morgan fingerprint density at radius 2 is 2.29 bits per heavy atom. The minimum atomic E-state index is -0.794. The molecule has 0 spiro atoms. The second-order valence-corrected chi connectivity index (χ2v) is 7.48. The number of hydrogen-bond donors (Lipinski definition) is 3. The van der Waals surface area contributed by atoms with E-state index in [1.165, 1.54) is 18.4 Å². The summed E-state index contributed by atoms with van der Waals surface area (Å²) in [5.41, 5.74) is 1.48. The molecule has 1 atom stereocenters. The van der Waals surface area contributed by atoms with E-state index in [0.717, 1.165) is 24.4 Å². The van der Waals surface area contributed by atoms with Gasteiger partial charge in [-0.05, 0) is 42.6 Å². The SMILES string of the molecule is CC1(C)CCCC(C(Cc2ncc[nH]2)=C(CCCC(=O)O)ON)C1. The summed E-state index contributed by atoms with van der Waals surface area (Å²) in [6.45, 7) is 4.61. The summed E-state index contributed by atoms with van der Waals surface area (Å²) in [5, 5.41) is 8.86. The Labute approximate surface area is 143 Å². The summed E-state index contributed by atoms with van der Waals surface area (Å²) in [5.74, 6) is 6.79. The number of H-pyrrole nitrogens is 1. The van der Waals surface area contributed by atoms with E-state index in [0.29, 0.717) is 30.6 Å². The van der Waals surface area contributed by atoms with Gasteiger partial charge in [0.15, 0.2) is 0 Å². The second kappa shape index (κ2) is 8.33. The molecular weight excluding hydrogens is 306 g/mol. The maximum Gasteiger partial charge on any atom is 0.303 e. The molecule has 24 heavy (non-hydrogen) atoms. The Kier molecular flexibility index (Phi) is 6.43. The van der Waals surface area contributed by atoms with Crippen molar-refractivity contribution < 1.29 is 14.7 Å². The van der Waals surface area contributed by atoms with Crippen LogP contribution in [0, 0.1) is 11.3 Å². The average molecular weight is 335 g/mol. The number of aliphatic carboxylic acids is 1. The highest BCUT2D eigenvalue weighted by Crippen LogP contribution is 2.43. The molecule has 134 valence electrons. The van der Waals surface area contributed by atoms with Gasteiger partial charge >= 0.3 is 5.97 Å². The van der Waals surface area contributed by atoms with Crippen molar-refractivity contribution in [3.8, 4) is 0 Å². The molecule has 1 aromatic rings. The monoisotopic (exact) mass is 335 g/mol. The topological polar surface area (TPSA) is 101 Å². The summed E-state index contributed by atoms with van der Waals surface area (Å²) in [6.07, 6.45) is 10.1. The third-order valence-corrected chi connectivity index (χ3v) is 4.91. The summed E-state index contributed by atoms with van der Waals surface area (Å²) in [7, 11) is 0. The van der Waals surface area contributed by atoms with Crippen LogP contribution in [0.1, 0.15) is 64.6 Å². The molecule has 0 saturated heterocycles. The van der Waals surface area contributed by atoms with Crippen LogP contribution in [0.4, 0.5) is 0 Å². The highest BCUT2D eigenvalue weighted by Gasteiger charge is 2.32. The summed E-state index contributed by atoms with van der Waals surface area (Å²) in [4.78, 5) is 23.5. The first-order valence-electron chi connectivity index (χ1n) is 8.70. The molecular formula is C18H29N3O3. The lowest BCUT2D eigenvalue weighted by Crippen LogP contribution is -2.26. The number of rotatable bonds is 8. The number of nitrogens with zero attached hydrogens (tertiary/aromatic N) is 1. The third kappa shape index (κ3) is 5.37. The van der Waals surface area contributed by atoms with E-state index in [-0.39, 0.29) is 6.42 Å². The van der Waals surface area contributed by atoms with Gasteiger partial charge in [-0.3, -0.25) is 4.79 Å². The molecule has 2 rings (SSSR count). The zero-order chi connectivity index (χ0) is 17.6. The first kappa shape index (κ1) is 18.5. The van der Waals surface area contributed by atoms with Crippen LogP contribution in [0.15, 0.2) is 23.7 Å². The van der Waals surface area contributed by atoms with Gasteiger partial charge in [-0.15, -0.1) is 0 Å². The third-order valence-electron chi connectivity index (χ3n) is 4.91. The van der Waals surface area contributed by atoms with E-state index in [1.807, 2.05) is 6.20 Å². The minimum absolute atomic E-state index is 0.122. The number of aromatic nitrogens is 2. The molecule has 0 amide bonds. The molecule has 0 aromatic carbocycles. The van der Waals surface area contributed by atoms with Crippen LogP contribution in [0.25, 0.3) is 0 Å². The predicted octanol–water partition coefficient (Wildman–Crippen LogP) is 3.57. The van der Waals surface area contributed by atoms with Crippen molar-refractivity contribution in [2.45, 2.75) is 65.2 Å². The van der Waals surface area contributed by atoms with Gasteiger partial charge in [0.2, 0.25) is 0 Å². The van der Waals surface area contributed by atoms with Crippen molar-refractivity contribution in [1.82, 2.24) is 9.97 Å². The fourth-order valence-corrected chi connectivity index (χ4v) is 3.74. The summed E-state index contributed by atoms with van der Waals surface area (Å²) >= 11 is 0. The summed E-state index contributed by atoms with van der Waals surface area (Å²) < 4.78 is 0. The van der Waals surface area contributed by atoms with E-state index >= 15 is 0 Å². The van der Waals surface area contributed by atoms with E-state index < -0.39 is 5.97 Å². The zero-order valence-corrected chi connectivity index (χ0v) is 14.7. The molecule has 1 heterocycles. The molecule has 6 heteroatoms. The van der Waals surface area contributed by atoms with Gasteiger partial charge in [0, 0.05) is 31.7 Å². The van der Waals surface area contributed by atoms with Gasteiger partial charge in [0.1, 0.15) is 11.6 Å². The molecule has 1 aliphatic rings. The molecule has 4 N–H and O–H groups in total. The number of carboxylic acid groups (broad SMARTS) is 1. The Bertz CT molecular complexity index is 564. The van der Waals surface area contributed by atoms with Crippen LogP contribution in [0.2, 0.25) is 0 Å². The van der Waals surface area contributed by atoms with Crippen molar-refractivity contribution in [1.29, 1.82) is 0 Å². The number of hydrogen-bond acceptors (Lipinski definition) is 4. The maximum absolute atomic E-state index is 10.8. The van der Waals surface area contributed by atoms with Crippen LogP contribution in [0.5, 0.6) is 0 Å². The number of nitrogens with one attached hydrogen (secondary N) is 1. The van der Waals surface area contributed by atoms with Gasteiger partial charge in [0.25, 0.3) is 0 Å². The number of carbonyl (C=O) groups is 1. The van der Waals surface area contributed by atoms with Crippen LogP contribution < -0.4 is 5.90 Å². The van der Waals surface area contributed by atoms with E-state index in [4.69, 9.17) is 15.8 Å². The number of carboxylic acids is 1. The van der Waals surface area contributed by atoms with Gasteiger partial charge in [-0.25, -0.2) is 4.98 Å². The molecule has 0 radical (unpaired) electrons. The van der Waals surface area contributed by atoms with Crippen molar-refractivity contribution in [2.24, 2.45) is 17.2 Å². The molecule has 1 aliphatic carbocycles. The number of aromatic amines is 1. The van der Waals surface area contributed by atoms with Crippen LogP contribution >= 0.6 is 0 Å². The molecule has 1 saturated carbocycles. The molecule has 6 nitrogen and oxygen atoms in total. The molecule has 0 aliphatic heterocycles. The maximum atomic E-state index is 10.8. The van der Waals surface area contributed by atoms with Gasteiger partial charge in [-0.1, -0.05) is 20.3 Å². The number of allylic oxidation sites excluding steroid dienone is 2. The Hall–Kier alpha value is -1.82. The van der Waals surface area contributed by atoms with Crippen LogP contribution in [0.3, 0.4) is 0 Å². The largest absolute Gasteiger partial charge is 0.481 e. The summed E-state index contributed by atoms with van der Waals surface area (Å²) in [6, 6.07) is 0. The van der Waals surface area contributed by atoms with Crippen LogP contribution in [-0.4, -0.2) is 21.0 Å². The van der Waals surface area contributed by atoms with Gasteiger partial charge < -0.3 is 14.9 Å². The normalized spacial score (nSPS) is 21.2. The lowest BCUT2D eigenvalue weighted by Gasteiger charge is -2.37. The first-order valence-corrected chi connectivity index (χ1v) is 8.70. The second-order valence-electron chi connectivity index (χ2n) is 7.48. The van der Waals surface area contributed by atoms with Crippen molar-refractivity contribution in [2.75, 3.05) is 0 Å². The minimum Gasteiger partial charge on any atom is -0.481 e. The van der Waals surface area contributed by atoms with Crippen molar-refractivity contribution in [3.63, 3.8) is 0 Å². The Morgan fingerprint density at radius 3 is 2.88 bits per heavy atom. The lowest BCUT2D eigenvalue weighted by molar-refractivity contribution is -0.137. The first-order chi connectivity index (χ1) is 11.4. The molecule has 1 unspecified atom stereocenters. The van der Waals surface area contributed by atoms with Gasteiger partial charge in [0.05, 0.1) is 0 Å². The van der Waals surface area contributed by atoms with Crippen molar-refractivity contribution in [3.05, 3.63) is 29.6 Å². The Morgan fingerprint density at radius 1 is 1.50 bits per heavy atom. The van der Waals surface area contributed by atoms with Gasteiger partial charge in [-0.2, -0.15) is 5.90 Å². The molecule has 0 bridgehead atoms. The number of imidazole rings is 1. The van der Waals surface area contributed by atoms with E-state index in [2.05, 4.69) is 23.8 Å². The fraction of sp³-hybridized carbons (Fsp3) is 0.667. The standard InChI is InChI=1S/C18H29N3O3/c1-18(2)8-4-5-13(12-18)14(11-16-20-9-10-21-16)15(24-19)6-3-7-17(22)23/h9-10,13H,3-8,11-12,19H2,1-2H3,(H,20,21)(H,22,23). The lowest BCUT2D eigenvalue weighted by atomic mass is 9.69. The Balaban J connectivity index is 2.22. The zero-order valence-electron chi connectivity index (χ0n) is 14.7. The molecule has 1 fully saturated rings. The number of nitrogens with two attached hydrogens (primary N) is 1. The average Bonchev–Trinajstić information content (AvgIpc) is 3.01. The smallest absolute Gasteiger partial charge is 0.303 e. The van der Waals surface area contributed by atoms with E-state index in [9.17, 15) is 4.79 Å². The van der Waals surface area contributed by atoms with Crippen LogP contribution in [-0.2, 0) is 16.1 Å². The quantitative estimate of drug-likeness (QED) is 0.498. The van der Waals surface area contributed by atoms with E-state index in [1.54, 1.807) is 6.20 Å².